The van der Waals surface area contributed by atoms with Gasteiger partial charge in [-0.25, -0.2) is 4.98 Å². The first-order valence-corrected chi connectivity index (χ1v) is 8.44. The molecule has 0 saturated carbocycles. The Hall–Kier alpha value is -2.66. The number of aliphatic hydroxyl groups excluding tert-OH is 1. The maximum Gasteiger partial charge on any atom is 0.254 e. The molecule has 25 heavy (non-hydrogen) atoms. The van der Waals surface area contributed by atoms with E-state index in [4.69, 9.17) is 9.72 Å². The number of hydrogen-bond donors (Lipinski definition) is 1. The van der Waals surface area contributed by atoms with Gasteiger partial charge in [-0.2, -0.15) is 0 Å². The highest BCUT2D eigenvalue weighted by atomic mass is 16.5. The number of aromatic nitrogens is 2. The van der Waals surface area contributed by atoms with Crippen molar-refractivity contribution in [3.8, 4) is 17.1 Å². The highest BCUT2D eigenvalue weighted by Gasteiger charge is 2.25. The Kier molecular flexibility index (Phi) is 3.62. The van der Waals surface area contributed by atoms with E-state index in [1.807, 2.05) is 37.3 Å². The van der Waals surface area contributed by atoms with Gasteiger partial charge in [0.25, 0.3) is 5.56 Å². The Morgan fingerprint density at radius 1 is 1.36 bits per heavy atom. The van der Waals surface area contributed by atoms with Gasteiger partial charge in [0.1, 0.15) is 5.75 Å². The fraction of sp³-hybridized carbons (Fsp3) is 0.300. The lowest BCUT2D eigenvalue weighted by atomic mass is 10.0. The second kappa shape index (κ2) is 5.70. The zero-order valence-corrected chi connectivity index (χ0v) is 14.5. The fourth-order valence-corrected chi connectivity index (χ4v) is 3.59. The number of aliphatic hydroxyl groups is 1. The van der Waals surface area contributed by atoms with E-state index in [2.05, 4.69) is 0 Å². The highest BCUT2D eigenvalue weighted by molar-refractivity contribution is 5.89. The first-order valence-electron chi connectivity index (χ1n) is 8.44. The molecule has 1 atom stereocenters. The summed E-state index contributed by atoms with van der Waals surface area (Å²) in [6.45, 7) is 4.18. The van der Waals surface area contributed by atoms with Gasteiger partial charge >= 0.3 is 0 Å². The summed E-state index contributed by atoms with van der Waals surface area (Å²) in [5.41, 5.74) is 4.65. The van der Waals surface area contributed by atoms with Crippen LogP contribution in [0.3, 0.4) is 0 Å². The molecule has 0 fully saturated rings. The number of nitrogens with zero attached hydrogens (tertiary/aromatic N) is 2. The third kappa shape index (κ3) is 2.27. The van der Waals surface area contributed by atoms with Crippen molar-refractivity contribution in [2.24, 2.45) is 0 Å². The average molecular weight is 336 g/mol. The van der Waals surface area contributed by atoms with Crippen LogP contribution in [0.5, 0.6) is 5.75 Å². The average Bonchev–Trinajstić information content (AvgIpc) is 2.99. The SMILES string of the molecule is CC[C@@H](O)c1cc2n(c(=O)c1C)Cc1cc3c(OC)cccc3nc1-2. The molecule has 1 aliphatic rings. The van der Waals surface area contributed by atoms with Crippen LogP contribution in [0.2, 0.25) is 0 Å². The lowest BCUT2D eigenvalue weighted by molar-refractivity contribution is 0.172. The second-order valence-corrected chi connectivity index (χ2v) is 6.45. The Bertz CT molecular complexity index is 1050. The smallest absolute Gasteiger partial charge is 0.254 e. The van der Waals surface area contributed by atoms with Gasteiger partial charge in [0.15, 0.2) is 0 Å². The van der Waals surface area contributed by atoms with E-state index in [0.717, 1.165) is 33.6 Å². The van der Waals surface area contributed by atoms with E-state index >= 15 is 0 Å². The normalized spacial score (nSPS) is 13.6. The van der Waals surface area contributed by atoms with Crippen molar-refractivity contribution in [3.05, 3.63) is 57.4 Å². The Labute approximate surface area is 145 Å². The summed E-state index contributed by atoms with van der Waals surface area (Å²) < 4.78 is 7.17. The topological polar surface area (TPSA) is 64.4 Å². The van der Waals surface area contributed by atoms with Crippen molar-refractivity contribution in [2.75, 3.05) is 7.11 Å². The summed E-state index contributed by atoms with van der Waals surface area (Å²) in [6.07, 6.45) is -0.0675. The minimum Gasteiger partial charge on any atom is -0.496 e. The molecule has 0 spiro atoms. The van der Waals surface area contributed by atoms with Crippen LogP contribution >= 0.6 is 0 Å². The van der Waals surface area contributed by atoms with Gasteiger partial charge in [-0.15, -0.1) is 0 Å². The van der Waals surface area contributed by atoms with Gasteiger partial charge in [0.2, 0.25) is 0 Å². The molecule has 1 N–H and O–H groups in total. The zero-order chi connectivity index (χ0) is 17.7. The minimum atomic E-state index is -0.636. The summed E-state index contributed by atoms with van der Waals surface area (Å²) in [4.78, 5) is 17.6. The van der Waals surface area contributed by atoms with Crippen LogP contribution in [0.25, 0.3) is 22.3 Å². The number of benzene rings is 1. The third-order valence-electron chi connectivity index (χ3n) is 5.02. The molecule has 4 rings (SSSR count). The Balaban J connectivity index is 1.99. The first-order chi connectivity index (χ1) is 12.0. The van der Waals surface area contributed by atoms with Gasteiger partial charge in [-0.3, -0.25) is 4.79 Å². The van der Waals surface area contributed by atoms with Crippen LogP contribution in [0.15, 0.2) is 35.1 Å². The Morgan fingerprint density at radius 2 is 2.16 bits per heavy atom. The summed E-state index contributed by atoms with van der Waals surface area (Å²) in [5.74, 6) is 0.773. The predicted octanol–water partition coefficient (Wildman–Crippen LogP) is 3.19. The van der Waals surface area contributed by atoms with Gasteiger partial charge in [-0.05, 0) is 43.2 Å². The van der Waals surface area contributed by atoms with Crippen LogP contribution in [0, 0.1) is 6.92 Å². The molecule has 5 heteroatoms. The van der Waals surface area contributed by atoms with Crippen LogP contribution in [0.1, 0.15) is 36.1 Å². The molecule has 5 nitrogen and oxygen atoms in total. The molecule has 1 aromatic carbocycles. The maximum absolute atomic E-state index is 12.8. The molecule has 3 heterocycles. The van der Waals surface area contributed by atoms with Gasteiger partial charge in [-0.1, -0.05) is 13.0 Å². The van der Waals surface area contributed by atoms with Crippen LogP contribution in [0.4, 0.5) is 0 Å². The molecule has 2 aromatic heterocycles. The number of fused-ring (bicyclic) bond motifs is 4. The molecule has 0 amide bonds. The van der Waals surface area contributed by atoms with E-state index in [0.29, 0.717) is 24.1 Å². The number of pyridine rings is 2. The van der Waals surface area contributed by atoms with Crippen LogP contribution in [-0.4, -0.2) is 21.8 Å². The predicted molar refractivity (Wildman–Crippen MR) is 97.1 cm³/mol. The molecule has 0 bridgehead atoms. The summed E-state index contributed by atoms with van der Waals surface area (Å²) in [6, 6.07) is 9.72. The van der Waals surface area contributed by atoms with Crippen LogP contribution in [-0.2, 0) is 6.54 Å². The molecule has 3 aromatic rings. The van der Waals surface area contributed by atoms with Crippen molar-refractivity contribution in [2.45, 2.75) is 32.9 Å². The highest BCUT2D eigenvalue weighted by Crippen LogP contribution is 2.36. The van der Waals surface area contributed by atoms with Crippen molar-refractivity contribution < 1.29 is 9.84 Å². The first kappa shape index (κ1) is 15.8. The van der Waals surface area contributed by atoms with Crippen molar-refractivity contribution in [3.63, 3.8) is 0 Å². The third-order valence-corrected chi connectivity index (χ3v) is 5.02. The van der Waals surface area contributed by atoms with Gasteiger partial charge in [0.05, 0.1) is 36.7 Å². The second-order valence-electron chi connectivity index (χ2n) is 6.45. The molecule has 1 aliphatic heterocycles. The lowest BCUT2D eigenvalue weighted by Gasteiger charge is -2.14. The van der Waals surface area contributed by atoms with E-state index in [1.54, 1.807) is 18.6 Å². The summed E-state index contributed by atoms with van der Waals surface area (Å²) >= 11 is 0. The zero-order valence-electron chi connectivity index (χ0n) is 14.5. The number of hydrogen-bond acceptors (Lipinski definition) is 4. The quantitative estimate of drug-likeness (QED) is 0.624. The monoisotopic (exact) mass is 336 g/mol. The van der Waals surface area contributed by atoms with Crippen molar-refractivity contribution >= 4 is 10.9 Å². The van der Waals surface area contributed by atoms with E-state index < -0.39 is 6.10 Å². The van der Waals surface area contributed by atoms with Crippen LogP contribution < -0.4 is 10.3 Å². The number of rotatable bonds is 3. The van der Waals surface area contributed by atoms with E-state index in [9.17, 15) is 9.90 Å². The molecule has 0 saturated heterocycles. The summed E-state index contributed by atoms with van der Waals surface area (Å²) in [7, 11) is 1.64. The standard InChI is InChI=1S/C20H20N2O3/c1-4-17(23)13-9-16-19-12(10-22(16)20(24)11(13)2)8-14-15(21-19)6-5-7-18(14)25-3/h5-9,17,23H,4,10H2,1-3H3/t17-/m1/s1. The van der Waals surface area contributed by atoms with Crippen molar-refractivity contribution in [1.29, 1.82) is 0 Å². The molecular formula is C20H20N2O3. The molecular weight excluding hydrogens is 316 g/mol. The van der Waals surface area contributed by atoms with E-state index in [-0.39, 0.29) is 5.56 Å². The number of ether oxygens (including phenoxy) is 1. The maximum atomic E-state index is 12.8. The molecule has 128 valence electrons. The summed E-state index contributed by atoms with van der Waals surface area (Å²) in [5, 5.41) is 11.2. The molecule has 0 radical (unpaired) electrons. The fourth-order valence-electron chi connectivity index (χ4n) is 3.59. The largest absolute Gasteiger partial charge is 0.496 e. The lowest BCUT2D eigenvalue weighted by Crippen LogP contribution is -2.23. The minimum absolute atomic E-state index is 0.0611. The van der Waals surface area contributed by atoms with E-state index in [1.165, 1.54) is 0 Å². The number of methoxy groups -OCH3 is 1. The molecule has 0 aliphatic carbocycles. The van der Waals surface area contributed by atoms with Crippen molar-refractivity contribution in [1.82, 2.24) is 9.55 Å². The van der Waals surface area contributed by atoms with Gasteiger partial charge < -0.3 is 14.4 Å². The Morgan fingerprint density at radius 3 is 2.88 bits per heavy atom. The molecule has 0 unspecified atom stereocenters. The van der Waals surface area contributed by atoms with Gasteiger partial charge in [0, 0.05) is 16.5 Å².